The lowest BCUT2D eigenvalue weighted by molar-refractivity contribution is -0.0501. The number of aromatic nitrogens is 4. The van der Waals surface area contributed by atoms with Crippen molar-refractivity contribution in [2.75, 3.05) is 30.7 Å². The Kier molecular flexibility index (Phi) is 7.67. The molecular weight excluding hydrogens is 504 g/mol. The van der Waals surface area contributed by atoms with Crippen LogP contribution in [0.15, 0.2) is 54.9 Å². The van der Waals surface area contributed by atoms with Crippen LogP contribution < -0.4 is 22.1 Å². The number of carbonyl (C=O) groups is 1. The summed E-state index contributed by atoms with van der Waals surface area (Å²) in [5.74, 6) is 0.273. The second kappa shape index (κ2) is 11.3. The van der Waals surface area contributed by atoms with Crippen molar-refractivity contribution in [1.82, 2.24) is 24.8 Å². The molecule has 0 spiro atoms. The Morgan fingerprint density at radius 1 is 1.08 bits per heavy atom. The van der Waals surface area contributed by atoms with Gasteiger partial charge in [-0.15, -0.1) is 0 Å². The van der Waals surface area contributed by atoms with Crippen molar-refractivity contribution >= 4 is 28.8 Å². The third kappa shape index (κ3) is 5.26. The van der Waals surface area contributed by atoms with Gasteiger partial charge in [-0.1, -0.05) is 36.4 Å². The molecule has 0 bridgehead atoms. The fraction of sp³-hybridized carbons (Fsp3) is 0.308. The molecule has 1 aliphatic rings. The van der Waals surface area contributed by atoms with E-state index in [1.165, 1.54) is 10.9 Å². The number of nitrogens with zero attached hydrogens (tertiary/aromatic N) is 4. The summed E-state index contributed by atoms with van der Waals surface area (Å²) in [4.78, 5) is 25.0. The molecule has 4 atom stereocenters. The highest BCUT2D eigenvalue weighted by atomic mass is 16.6. The summed E-state index contributed by atoms with van der Waals surface area (Å²) >= 11 is 0. The second-order valence-electron chi connectivity index (χ2n) is 9.14. The van der Waals surface area contributed by atoms with E-state index in [4.69, 9.17) is 16.2 Å². The van der Waals surface area contributed by atoms with E-state index >= 15 is 0 Å². The first-order chi connectivity index (χ1) is 18.9. The van der Waals surface area contributed by atoms with Crippen molar-refractivity contribution in [3.05, 3.63) is 66.0 Å². The number of aliphatic hydroxyl groups excluding tert-OH is 3. The summed E-state index contributed by atoms with van der Waals surface area (Å²) < 4.78 is 7.24. The van der Waals surface area contributed by atoms with Crippen LogP contribution in [0, 0.1) is 0 Å². The summed E-state index contributed by atoms with van der Waals surface area (Å²) in [5, 5.41) is 36.4. The molecule has 13 heteroatoms. The van der Waals surface area contributed by atoms with Gasteiger partial charge in [0, 0.05) is 25.2 Å². The third-order valence-electron chi connectivity index (χ3n) is 6.57. The highest BCUT2D eigenvalue weighted by Crippen LogP contribution is 2.35. The maximum Gasteiger partial charge on any atom is 0.251 e. The monoisotopic (exact) mass is 534 g/mol. The molecule has 1 saturated heterocycles. The van der Waals surface area contributed by atoms with Crippen molar-refractivity contribution < 1.29 is 24.9 Å². The molecule has 2 aromatic heterocycles. The Labute approximate surface area is 223 Å². The fourth-order valence-electron chi connectivity index (χ4n) is 4.51. The van der Waals surface area contributed by atoms with Gasteiger partial charge in [-0.2, -0.15) is 0 Å². The summed E-state index contributed by atoms with van der Waals surface area (Å²) in [6.07, 6.45) is -3.37. The fourth-order valence-corrected chi connectivity index (χ4v) is 4.51. The van der Waals surface area contributed by atoms with E-state index in [0.29, 0.717) is 42.3 Å². The maximum atomic E-state index is 12.3. The number of ether oxygens (including phenoxy) is 1. The van der Waals surface area contributed by atoms with Gasteiger partial charge in [-0.25, -0.2) is 15.0 Å². The minimum atomic E-state index is -1.33. The molecule has 2 aromatic carbocycles. The number of rotatable bonds is 9. The van der Waals surface area contributed by atoms with Crippen LogP contribution in [0.2, 0.25) is 0 Å². The molecule has 1 aliphatic heterocycles. The maximum absolute atomic E-state index is 12.3. The van der Waals surface area contributed by atoms with Crippen LogP contribution in [0.1, 0.15) is 22.1 Å². The number of amides is 1. The van der Waals surface area contributed by atoms with Gasteiger partial charge in [0.05, 0.1) is 6.61 Å². The Bertz CT molecular complexity index is 1460. The normalized spacial score (nSPS) is 20.8. The highest BCUT2D eigenvalue weighted by molar-refractivity contribution is 5.95. The van der Waals surface area contributed by atoms with E-state index < -0.39 is 31.1 Å². The Hall–Kier alpha value is -4.14. The van der Waals surface area contributed by atoms with E-state index in [1.807, 2.05) is 42.5 Å². The van der Waals surface area contributed by atoms with Crippen LogP contribution in [0.25, 0.3) is 22.3 Å². The average Bonchev–Trinajstić information content (AvgIpc) is 3.47. The molecule has 1 fully saturated rings. The average molecular weight is 535 g/mol. The minimum absolute atomic E-state index is 0.150. The van der Waals surface area contributed by atoms with E-state index in [2.05, 4.69) is 25.6 Å². The lowest BCUT2D eigenvalue weighted by Crippen LogP contribution is -2.33. The molecule has 3 heterocycles. The van der Waals surface area contributed by atoms with Gasteiger partial charge < -0.3 is 42.2 Å². The first-order valence-corrected chi connectivity index (χ1v) is 12.4. The third-order valence-corrected chi connectivity index (χ3v) is 6.57. The van der Waals surface area contributed by atoms with Crippen molar-refractivity contribution in [1.29, 1.82) is 0 Å². The summed E-state index contributed by atoms with van der Waals surface area (Å²) in [5.41, 5.74) is 15.4. The Balaban J connectivity index is 1.36. The molecule has 39 heavy (non-hydrogen) atoms. The molecule has 13 nitrogen and oxygen atoms in total. The Morgan fingerprint density at radius 2 is 1.87 bits per heavy atom. The molecule has 0 saturated carbocycles. The second-order valence-corrected chi connectivity index (χ2v) is 9.14. The van der Waals surface area contributed by atoms with Crippen molar-refractivity contribution in [3.8, 4) is 11.1 Å². The van der Waals surface area contributed by atoms with Gasteiger partial charge >= 0.3 is 0 Å². The molecule has 0 radical (unpaired) electrons. The number of nitrogen functional groups attached to an aromatic ring is 1. The molecule has 204 valence electrons. The molecule has 0 unspecified atom stereocenters. The van der Waals surface area contributed by atoms with Gasteiger partial charge in [0.15, 0.2) is 23.2 Å². The first kappa shape index (κ1) is 26.5. The zero-order valence-electron chi connectivity index (χ0n) is 20.9. The van der Waals surface area contributed by atoms with E-state index in [-0.39, 0.29) is 11.7 Å². The quantitative estimate of drug-likeness (QED) is 0.152. The van der Waals surface area contributed by atoms with Gasteiger partial charge in [0.25, 0.3) is 5.91 Å². The van der Waals surface area contributed by atoms with Crippen molar-refractivity contribution in [2.24, 2.45) is 5.73 Å². The number of anilines is 2. The molecular formula is C26H30N8O5. The number of hydrogen-bond acceptors (Lipinski definition) is 11. The number of imidazole rings is 1. The van der Waals surface area contributed by atoms with Gasteiger partial charge in [0.2, 0.25) is 5.95 Å². The number of benzene rings is 2. The van der Waals surface area contributed by atoms with E-state index in [0.717, 1.165) is 16.7 Å². The zero-order valence-corrected chi connectivity index (χ0v) is 20.9. The number of nitrogens with two attached hydrogens (primary N) is 2. The largest absolute Gasteiger partial charge is 0.394 e. The Morgan fingerprint density at radius 3 is 2.59 bits per heavy atom. The predicted molar refractivity (Wildman–Crippen MR) is 143 cm³/mol. The van der Waals surface area contributed by atoms with Crippen molar-refractivity contribution in [3.63, 3.8) is 0 Å². The number of hydrogen-bond donors (Lipinski definition) is 7. The van der Waals surface area contributed by atoms with E-state index in [9.17, 15) is 20.1 Å². The standard InChI is InChI=1S/C26H30N8O5/c27-8-9-29-24(38)17-3-1-2-16(10-17)15-6-4-14(5-7-15)11-30-26-33-19-22(28)31-13-32-23(19)34(26)25-21(37)20(36)18(12-35)39-25/h1-7,10,13,18,20-21,25,35-37H,8-9,11-12,27H2,(H,29,38)(H,30,33)(H2,28,31,32)/t18-,20-,21-,25-/m1/s1. The topological polar surface area (TPSA) is 207 Å². The van der Waals surface area contributed by atoms with Gasteiger partial charge in [-0.05, 0) is 28.8 Å². The van der Waals surface area contributed by atoms with Gasteiger partial charge in [0.1, 0.15) is 24.6 Å². The number of aliphatic hydroxyl groups is 3. The molecule has 1 amide bonds. The summed E-state index contributed by atoms with van der Waals surface area (Å²) in [6, 6.07) is 15.1. The lowest BCUT2D eigenvalue weighted by Gasteiger charge is -2.19. The minimum Gasteiger partial charge on any atom is -0.394 e. The summed E-state index contributed by atoms with van der Waals surface area (Å²) in [6.45, 7) is 0.672. The number of nitrogens with one attached hydrogen (secondary N) is 2. The molecule has 0 aliphatic carbocycles. The SMILES string of the molecule is NCCNC(=O)c1cccc(-c2ccc(CNc3nc4c(N)ncnc4n3[C@@H]3O[C@H](CO)[C@@H](O)[C@H]3O)cc2)c1. The number of fused-ring (bicyclic) bond motifs is 1. The highest BCUT2D eigenvalue weighted by Gasteiger charge is 2.45. The molecule has 9 N–H and O–H groups in total. The van der Waals surface area contributed by atoms with Crippen LogP contribution in [-0.2, 0) is 11.3 Å². The molecule has 4 aromatic rings. The van der Waals surface area contributed by atoms with Gasteiger partial charge in [-0.3, -0.25) is 9.36 Å². The van der Waals surface area contributed by atoms with Crippen LogP contribution in [0.4, 0.5) is 11.8 Å². The van der Waals surface area contributed by atoms with Crippen LogP contribution in [0.5, 0.6) is 0 Å². The smallest absolute Gasteiger partial charge is 0.251 e. The van der Waals surface area contributed by atoms with Crippen LogP contribution >= 0.6 is 0 Å². The zero-order chi connectivity index (χ0) is 27.5. The first-order valence-electron chi connectivity index (χ1n) is 12.4. The summed E-state index contributed by atoms with van der Waals surface area (Å²) in [7, 11) is 0. The van der Waals surface area contributed by atoms with Crippen molar-refractivity contribution in [2.45, 2.75) is 31.1 Å². The van der Waals surface area contributed by atoms with Crippen LogP contribution in [0.3, 0.4) is 0 Å². The molecule has 5 rings (SSSR count). The predicted octanol–water partition coefficient (Wildman–Crippen LogP) is -0.0124. The lowest BCUT2D eigenvalue weighted by atomic mass is 10.0. The van der Waals surface area contributed by atoms with E-state index in [1.54, 1.807) is 6.07 Å². The number of carbonyl (C=O) groups excluding carboxylic acids is 1. The van der Waals surface area contributed by atoms with Crippen LogP contribution in [-0.4, -0.2) is 78.8 Å².